The molecule has 2 aromatic rings. The van der Waals surface area contributed by atoms with E-state index in [1.807, 2.05) is 17.5 Å². The molecule has 2 heterocycles. The van der Waals surface area contributed by atoms with E-state index in [4.69, 9.17) is 5.41 Å². The molecule has 0 radical (unpaired) electrons. The number of hydrogen-bond acceptors (Lipinski definition) is 4. The van der Waals surface area contributed by atoms with Gasteiger partial charge >= 0.3 is 0 Å². The first-order valence-corrected chi connectivity index (χ1v) is 10.6. The van der Waals surface area contributed by atoms with Crippen molar-refractivity contribution in [2.24, 2.45) is 5.92 Å². The van der Waals surface area contributed by atoms with Gasteiger partial charge in [-0.2, -0.15) is 0 Å². The third-order valence-electron chi connectivity index (χ3n) is 5.78. The van der Waals surface area contributed by atoms with Crippen molar-refractivity contribution in [1.82, 2.24) is 5.32 Å². The van der Waals surface area contributed by atoms with Gasteiger partial charge in [-0.1, -0.05) is 19.4 Å². The molecule has 3 unspecified atom stereocenters. The smallest absolute Gasteiger partial charge is 0.140 e. The van der Waals surface area contributed by atoms with Crippen molar-refractivity contribution in [2.75, 3.05) is 23.7 Å². The molecule has 1 aliphatic carbocycles. The standard InChI is InChI=1S/C21H28N4S/c1-2-23-15-6-3-5-14(11-15)18-13-24-19-9-8-16(12-17(18)19)25-21(22)20-7-4-10-26-20/h4,7-10,12,14-15,18,23-24H,2-3,5-6,11,13H2,1H3,(H2,22,25). The van der Waals surface area contributed by atoms with Gasteiger partial charge < -0.3 is 16.0 Å². The minimum absolute atomic E-state index is 0.479. The highest BCUT2D eigenvalue weighted by Gasteiger charge is 2.33. The molecular weight excluding hydrogens is 340 g/mol. The summed E-state index contributed by atoms with van der Waals surface area (Å²) < 4.78 is 0. The Balaban J connectivity index is 1.49. The largest absolute Gasteiger partial charge is 0.384 e. The van der Waals surface area contributed by atoms with E-state index in [1.165, 1.54) is 36.9 Å². The third-order valence-corrected chi connectivity index (χ3v) is 6.66. The van der Waals surface area contributed by atoms with Gasteiger partial charge in [-0.25, -0.2) is 0 Å². The highest BCUT2D eigenvalue weighted by molar-refractivity contribution is 7.12. The van der Waals surface area contributed by atoms with Crippen LogP contribution in [0.25, 0.3) is 0 Å². The summed E-state index contributed by atoms with van der Waals surface area (Å²) in [5, 5.41) is 20.8. The molecule has 4 nitrogen and oxygen atoms in total. The first kappa shape index (κ1) is 17.6. The van der Waals surface area contributed by atoms with Gasteiger partial charge in [0.2, 0.25) is 0 Å². The number of rotatable bonds is 5. The average molecular weight is 369 g/mol. The molecule has 1 aromatic carbocycles. The minimum atomic E-state index is 0.479. The molecule has 1 fully saturated rings. The van der Waals surface area contributed by atoms with Crippen molar-refractivity contribution in [3.05, 3.63) is 46.2 Å². The Bertz CT molecular complexity index is 753. The molecule has 4 rings (SSSR count). The summed E-state index contributed by atoms with van der Waals surface area (Å²) in [6.07, 6.45) is 5.25. The van der Waals surface area contributed by atoms with E-state index < -0.39 is 0 Å². The molecule has 1 aromatic heterocycles. The number of nitrogens with one attached hydrogen (secondary N) is 4. The van der Waals surface area contributed by atoms with Crippen LogP contribution >= 0.6 is 11.3 Å². The fourth-order valence-corrected chi connectivity index (χ4v) is 5.18. The van der Waals surface area contributed by atoms with E-state index in [9.17, 15) is 0 Å². The molecule has 1 saturated carbocycles. The maximum atomic E-state index is 8.27. The highest BCUT2D eigenvalue weighted by atomic mass is 32.1. The summed E-state index contributed by atoms with van der Waals surface area (Å²) >= 11 is 1.60. The third kappa shape index (κ3) is 3.64. The van der Waals surface area contributed by atoms with Crippen molar-refractivity contribution < 1.29 is 0 Å². The fraction of sp³-hybridized carbons (Fsp3) is 0.476. The summed E-state index contributed by atoms with van der Waals surface area (Å²) in [5.41, 5.74) is 3.72. The lowest BCUT2D eigenvalue weighted by atomic mass is 9.76. The summed E-state index contributed by atoms with van der Waals surface area (Å²) in [7, 11) is 0. The maximum Gasteiger partial charge on any atom is 0.140 e. The Labute approximate surface area is 159 Å². The van der Waals surface area contributed by atoms with Crippen LogP contribution in [-0.2, 0) is 0 Å². The zero-order valence-corrected chi connectivity index (χ0v) is 16.2. The second-order valence-electron chi connectivity index (χ2n) is 7.45. The zero-order valence-electron chi connectivity index (χ0n) is 15.3. The van der Waals surface area contributed by atoms with Crippen LogP contribution in [0.3, 0.4) is 0 Å². The lowest BCUT2D eigenvalue weighted by Gasteiger charge is -2.33. The van der Waals surface area contributed by atoms with Gasteiger partial charge in [0.05, 0.1) is 4.88 Å². The van der Waals surface area contributed by atoms with Crippen LogP contribution in [0.2, 0.25) is 0 Å². The molecular formula is C21H28N4S. The minimum Gasteiger partial charge on any atom is -0.384 e. The van der Waals surface area contributed by atoms with Gasteiger partial charge in [-0.05, 0) is 66.9 Å². The summed E-state index contributed by atoms with van der Waals surface area (Å²) in [6, 6.07) is 11.2. The molecule has 1 aliphatic heterocycles. The normalized spacial score (nSPS) is 24.7. The van der Waals surface area contributed by atoms with Crippen molar-refractivity contribution >= 4 is 28.5 Å². The second kappa shape index (κ2) is 7.80. The predicted molar refractivity (Wildman–Crippen MR) is 112 cm³/mol. The maximum absolute atomic E-state index is 8.27. The molecule has 26 heavy (non-hydrogen) atoms. The molecule has 3 atom stereocenters. The number of benzene rings is 1. The molecule has 0 saturated heterocycles. The Morgan fingerprint density at radius 1 is 1.31 bits per heavy atom. The number of hydrogen-bond donors (Lipinski definition) is 4. The SMILES string of the molecule is CCNC1CCCC(C2CNc3ccc(NC(=N)c4cccs4)cc32)C1. The van der Waals surface area contributed by atoms with E-state index >= 15 is 0 Å². The summed E-state index contributed by atoms with van der Waals surface area (Å²) in [6.45, 7) is 4.32. The predicted octanol–water partition coefficient (Wildman–Crippen LogP) is 4.86. The monoisotopic (exact) mass is 368 g/mol. The Kier molecular flexibility index (Phi) is 5.27. The van der Waals surface area contributed by atoms with Crippen molar-refractivity contribution in [3.63, 3.8) is 0 Å². The Morgan fingerprint density at radius 2 is 2.23 bits per heavy atom. The fourth-order valence-electron chi connectivity index (χ4n) is 4.55. The topological polar surface area (TPSA) is 59.9 Å². The first-order chi connectivity index (χ1) is 12.7. The lowest BCUT2D eigenvalue weighted by Crippen LogP contribution is -2.36. The van der Waals surface area contributed by atoms with Gasteiger partial charge in [0.1, 0.15) is 5.84 Å². The van der Waals surface area contributed by atoms with Gasteiger partial charge in [-0.3, -0.25) is 5.41 Å². The number of amidine groups is 1. The molecule has 138 valence electrons. The first-order valence-electron chi connectivity index (χ1n) is 9.75. The van der Waals surface area contributed by atoms with Crippen LogP contribution in [0.15, 0.2) is 35.7 Å². The summed E-state index contributed by atoms with van der Waals surface area (Å²) in [5.74, 6) is 1.81. The van der Waals surface area contributed by atoms with Crippen LogP contribution in [0, 0.1) is 11.3 Å². The van der Waals surface area contributed by atoms with E-state index in [-0.39, 0.29) is 0 Å². The van der Waals surface area contributed by atoms with Crippen molar-refractivity contribution in [1.29, 1.82) is 5.41 Å². The Hall–Kier alpha value is -1.85. The van der Waals surface area contributed by atoms with Crippen LogP contribution < -0.4 is 16.0 Å². The molecule has 5 heteroatoms. The second-order valence-corrected chi connectivity index (χ2v) is 8.40. The van der Waals surface area contributed by atoms with Crippen LogP contribution in [0.5, 0.6) is 0 Å². The van der Waals surface area contributed by atoms with Crippen LogP contribution in [0.1, 0.15) is 49.0 Å². The van der Waals surface area contributed by atoms with E-state index in [1.54, 1.807) is 11.3 Å². The quantitative estimate of drug-likeness (QED) is 0.450. The number of anilines is 2. The van der Waals surface area contributed by atoms with Gasteiger partial charge in [0.25, 0.3) is 0 Å². The van der Waals surface area contributed by atoms with E-state index in [2.05, 4.69) is 41.1 Å². The van der Waals surface area contributed by atoms with Crippen molar-refractivity contribution in [3.8, 4) is 0 Å². The molecule has 2 aliphatic rings. The Morgan fingerprint density at radius 3 is 3.04 bits per heavy atom. The van der Waals surface area contributed by atoms with Gasteiger partial charge in [-0.15, -0.1) is 11.3 Å². The molecule has 0 spiro atoms. The molecule has 0 amide bonds. The van der Waals surface area contributed by atoms with E-state index in [0.29, 0.717) is 17.8 Å². The highest BCUT2D eigenvalue weighted by Crippen LogP contribution is 2.43. The van der Waals surface area contributed by atoms with Gasteiger partial charge in [0.15, 0.2) is 0 Å². The molecule has 4 N–H and O–H groups in total. The van der Waals surface area contributed by atoms with Crippen LogP contribution in [0.4, 0.5) is 11.4 Å². The average Bonchev–Trinajstić information content (AvgIpc) is 3.32. The zero-order chi connectivity index (χ0) is 17.9. The van der Waals surface area contributed by atoms with Crippen LogP contribution in [-0.4, -0.2) is 25.0 Å². The number of thiophene rings is 1. The number of fused-ring (bicyclic) bond motifs is 1. The van der Waals surface area contributed by atoms with E-state index in [0.717, 1.165) is 29.6 Å². The summed E-state index contributed by atoms with van der Waals surface area (Å²) in [4.78, 5) is 0.973. The van der Waals surface area contributed by atoms with Gasteiger partial charge in [0, 0.05) is 29.9 Å². The lowest BCUT2D eigenvalue weighted by molar-refractivity contribution is 0.260. The molecule has 0 bridgehead atoms. The van der Waals surface area contributed by atoms with Crippen molar-refractivity contribution in [2.45, 2.75) is 44.6 Å².